The smallest absolute Gasteiger partial charge is 0.272 e. The zero-order chi connectivity index (χ0) is 20.5. The highest BCUT2D eigenvalue weighted by atomic mass is 35.5. The van der Waals surface area contributed by atoms with E-state index in [0.29, 0.717) is 28.5 Å². The van der Waals surface area contributed by atoms with E-state index < -0.39 is 17.7 Å². The number of fused-ring (bicyclic) bond motifs is 1. The van der Waals surface area contributed by atoms with E-state index in [4.69, 9.17) is 23.2 Å². The molecule has 2 aromatic rings. The Labute approximate surface area is 178 Å². The molecule has 2 aromatic carbocycles. The van der Waals surface area contributed by atoms with Gasteiger partial charge in [0.05, 0.1) is 18.4 Å². The number of carbonyl (C=O) groups is 3. The van der Waals surface area contributed by atoms with Crippen molar-refractivity contribution < 1.29 is 14.4 Å². The Kier molecular flexibility index (Phi) is 5.43. The molecular formula is C22H18Cl2N2O3. The summed E-state index contributed by atoms with van der Waals surface area (Å²) < 4.78 is 0. The van der Waals surface area contributed by atoms with Crippen molar-refractivity contribution in [3.63, 3.8) is 0 Å². The van der Waals surface area contributed by atoms with E-state index in [1.807, 2.05) is 12.2 Å². The van der Waals surface area contributed by atoms with Gasteiger partial charge in [0, 0.05) is 15.6 Å². The topological polar surface area (TPSA) is 57.7 Å². The van der Waals surface area contributed by atoms with Crippen LogP contribution in [0.25, 0.3) is 0 Å². The fourth-order valence-corrected chi connectivity index (χ4v) is 4.01. The fraction of sp³-hybridized carbons (Fsp3) is 0.227. The Morgan fingerprint density at radius 2 is 1.34 bits per heavy atom. The molecule has 1 saturated heterocycles. The second-order valence-electron chi connectivity index (χ2n) is 7.14. The first-order chi connectivity index (χ1) is 14.0. The minimum absolute atomic E-state index is 0.0724. The molecule has 0 saturated carbocycles. The van der Waals surface area contributed by atoms with Crippen LogP contribution in [0.2, 0.25) is 10.0 Å². The van der Waals surface area contributed by atoms with Gasteiger partial charge in [-0.15, -0.1) is 0 Å². The highest BCUT2D eigenvalue weighted by molar-refractivity contribution is 6.30. The van der Waals surface area contributed by atoms with Gasteiger partial charge in [0.25, 0.3) is 17.7 Å². The third-order valence-electron chi connectivity index (χ3n) is 5.30. The van der Waals surface area contributed by atoms with Crippen molar-refractivity contribution in [1.29, 1.82) is 0 Å². The summed E-state index contributed by atoms with van der Waals surface area (Å²) in [6, 6.07) is 13.3. The second-order valence-corrected chi connectivity index (χ2v) is 8.01. The molecule has 29 heavy (non-hydrogen) atoms. The summed E-state index contributed by atoms with van der Waals surface area (Å²) in [7, 11) is 0. The molecule has 1 aliphatic heterocycles. The van der Waals surface area contributed by atoms with Crippen LogP contribution in [0.15, 0.2) is 60.7 Å². The van der Waals surface area contributed by atoms with Crippen LogP contribution in [0.3, 0.4) is 0 Å². The lowest BCUT2D eigenvalue weighted by Crippen LogP contribution is -2.49. The normalized spacial score (nSPS) is 20.7. The van der Waals surface area contributed by atoms with Crippen LogP contribution in [-0.4, -0.2) is 27.7 Å². The molecule has 0 N–H and O–H groups in total. The van der Waals surface area contributed by atoms with Crippen LogP contribution in [0.5, 0.6) is 0 Å². The molecule has 148 valence electrons. The van der Waals surface area contributed by atoms with E-state index in [1.54, 1.807) is 48.5 Å². The molecule has 2 atom stereocenters. The summed E-state index contributed by atoms with van der Waals surface area (Å²) in [5, 5.41) is 3.33. The highest BCUT2D eigenvalue weighted by Gasteiger charge is 2.50. The largest absolute Gasteiger partial charge is 0.273 e. The van der Waals surface area contributed by atoms with Gasteiger partial charge in [0.15, 0.2) is 0 Å². The van der Waals surface area contributed by atoms with E-state index in [-0.39, 0.29) is 18.4 Å². The van der Waals surface area contributed by atoms with Crippen molar-refractivity contribution in [2.75, 3.05) is 0 Å². The first-order valence-electron chi connectivity index (χ1n) is 9.30. The monoisotopic (exact) mass is 428 g/mol. The number of hydrogen-bond donors (Lipinski definition) is 0. The lowest BCUT2D eigenvalue weighted by molar-refractivity contribution is -0.155. The summed E-state index contributed by atoms with van der Waals surface area (Å²) in [6.45, 7) is 0.0724. The van der Waals surface area contributed by atoms with Crippen molar-refractivity contribution >= 4 is 40.9 Å². The average molecular weight is 429 g/mol. The summed E-state index contributed by atoms with van der Waals surface area (Å²) >= 11 is 11.9. The molecule has 0 radical (unpaired) electrons. The maximum atomic E-state index is 13.3. The van der Waals surface area contributed by atoms with Gasteiger partial charge in [-0.1, -0.05) is 47.5 Å². The van der Waals surface area contributed by atoms with Crippen molar-refractivity contribution in [1.82, 2.24) is 10.0 Å². The fourth-order valence-electron chi connectivity index (χ4n) is 3.76. The van der Waals surface area contributed by atoms with Crippen molar-refractivity contribution in [2.24, 2.45) is 11.8 Å². The number of nitrogens with zero attached hydrogens (tertiary/aromatic N) is 2. The number of amides is 3. The number of benzene rings is 2. The molecule has 0 bridgehead atoms. The number of allylic oxidation sites excluding steroid dienone is 2. The Hall–Kier alpha value is -2.63. The Bertz CT molecular complexity index is 960. The minimum atomic E-state index is -0.440. The first kappa shape index (κ1) is 19.7. The van der Waals surface area contributed by atoms with Crippen LogP contribution in [0, 0.1) is 11.8 Å². The summed E-state index contributed by atoms with van der Waals surface area (Å²) in [5.41, 5.74) is 1.10. The third-order valence-corrected chi connectivity index (χ3v) is 5.80. The van der Waals surface area contributed by atoms with E-state index in [9.17, 15) is 14.4 Å². The van der Waals surface area contributed by atoms with Gasteiger partial charge < -0.3 is 0 Å². The van der Waals surface area contributed by atoms with Gasteiger partial charge in [0.1, 0.15) is 0 Å². The molecule has 5 nitrogen and oxygen atoms in total. The number of imide groups is 1. The number of carbonyl (C=O) groups excluding carboxylic acids is 3. The molecule has 1 aliphatic carbocycles. The maximum absolute atomic E-state index is 13.3. The summed E-state index contributed by atoms with van der Waals surface area (Å²) in [5.74, 6) is -1.94. The van der Waals surface area contributed by atoms with E-state index >= 15 is 0 Å². The molecule has 0 unspecified atom stereocenters. The quantitative estimate of drug-likeness (QED) is 0.531. The number of rotatable bonds is 4. The van der Waals surface area contributed by atoms with E-state index in [2.05, 4.69) is 0 Å². The first-order valence-corrected chi connectivity index (χ1v) is 10.1. The van der Waals surface area contributed by atoms with Crippen molar-refractivity contribution in [3.8, 4) is 0 Å². The van der Waals surface area contributed by atoms with Crippen LogP contribution in [-0.2, 0) is 16.1 Å². The highest BCUT2D eigenvalue weighted by Crippen LogP contribution is 2.36. The van der Waals surface area contributed by atoms with Gasteiger partial charge in [-0.05, 0) is 54.8 Å². The number of hydrogen-bond acceptors (Lipinski definition) is 3. The Morgan fingerprint density at radius 3 is 1.86 bits per heavy atom. The summed E-state index contributed by atoms with van der Waals surface area (Å²) in [6.07, 6.45) is 4.85. The van der Waals surface area contributed by atoms with Gasteiger partial charge in [0.2, 0.25) is 0 Å². The van der Waals surface area contributed by atoms with Crippen LogP contribution < -0.4 is 0 Å². The lowest BCUT2D eigenvalue weighted by atomic mass is 9.85. The van der Waals surface area contributed by atoms with Crippen molar-refractivity contribution in [2.45, 2.75) is 19.4 Å². The molecule has 1 heterocycles. The van der Waals surface area contributed by atoms with Crippen LogP contribution in [0.4, 0.5) is 0 Å². The Balaban J connectivity index is 1.70. The van der Waals surface area contributed by atoms with Crippen LogP contribution in [0.1, 0.15) is 28.8 Å². The Morgan fingerprint density at radius 1 is 0.862 bits per heavy atom. The van der Waals surface area contributed by atoms with E-state index in [1.165, 1.54) is 5.01 Å². The zero-order valence-corrected chi connectivity index (χ0v) is 16.9. The van der Waals surface area contributed by atoms with Crippen molar-refractivity contribution in [3.05, 3.63) is 81.9 Å². The number of halogens is 2. The predicted molar refractivity (Wildman–Crippen MR) is 110 cm³/mol. The number of hydrazine groups is 1. The van der Waals surface area contributed by atoms with Gasteiger partial charge >= 0.3 is 0 Å². The maximum Gasteiger partial charge on any atom is 0.273 e. The third kappa shape index (κ3) is 3.80. The lowest BCUT2D eigenvalue weighted by Gasteiger charge is -2.30. The molecular weight excluding hydrogens is 411 g/mol. The second kappa shape index (κ2) is 8.01. The molecule has 2 aliphatic rings. The zero-order valence-electron chi connectivity index (χ0n) is 15.4. The van der Waals surface area contributed by atoms with E-state index in [0.717, 1.165) is 10.6 Å². The molecule has 1 fully saturated rings. The van der Waals surface area contributed by atoms with Gasteiger partial charge in [-0.25, -0.2) is 5.01 Å². The molecule has 4 rings (SSSR count). The molecule has 0 spiro atoms. The SMILES string of the molecule is O=C(c1ccc(Cl)cc1)N(Cc1ccc(Cl)cc1)N1C(=O)[C@H]2CC=CC[C@H]2C1=O. The molecule has 3 amide bonds. The summed E-state index contributed by atoms with van der Waals surface area (Å²) in [4.78, 5) is 39.4. The average Bonchev–Trinajstić information content (AvgIpc) is 2.98. The minimum Gasteiger partial charge on any atom is -0.272 e. The standard InChI is InChI=1S/C22H18Cl2N2O3/c23-16-9-5-14(6-10-16)13-25(20(27)15-7-11-17(24)12-8-15)26-21(28)18-3-1-2-4-19(18)22(26)29/h1-2,5-12,18-19H,3-4,13H2/t18-,19+. The molecule has 7 heteroatoms. The molecule has 0 aromatic heterocycles. The predicted octanol–water partition coefficient (Wildman–Crippen LogP) is 4.50. The van der Waals surface area contributed by atoms with Crippen LogP contribution >= 0.6 is 23.2 Å². The van der Waals surface area contributed by atoms with Gasteiger partial charge in [-0.2, -0.15) is 5.01 Å². The van der Waals surface area contributed by atoms with Gasteiger partial charge in [-0.3, -0.25) is 14.4 Å².